The topological polar surface area (TPSA) is 95.9 Å². The molecule has 1 aliphatic rings. The number of esters is 1. The molecule has 7 nitrogen and oxygen atoms in total. The van der Waals surface area contributed by atoms with Crippen LogP contribution in [0.5, 0.6) is 0 Å². The SMILES string of the molecule is C=CCCCC(=O)OC[C@H](NC(=O)[C@@H](CC=C)CC(=O)N1CCC[C@H]1CO)c1ccccc1. The Balaban J connectivity index is 2.04. The van der Waals surface area contributed by atoms with Crippen LogP contribution in [0.2, 0.25) is 0 Å². The van der Waals surface area contributed by atoms with Gasteiger partial charge in [-0.15, -0.1) is 13.2 Å². The lowest BCUT2D eigenvalue weighted by molar-refractivity contribution is -0.145. The van der Waals surface area contributed by atoms with Crippen molar-refractivity contribution in [1.29, 1.82) is 0 Å². The number of hydrogen-bond donors (Lipinski definition) is 2. The number of nitrogens with zero attached hydrogens (tertiary/aromatic N) is 1. The van der Waals surface area contributed by atoms with Gasteiger partial charge in [-0.25, -0.2) is 0 Å². The Kier molecular flexibility index (Phi) is 11.4. The number of aliphatic hydroxyl groups is 1. The maximum Gasteiger partial charge on any atom is 0.305 e. The fourth-order valence-corrected chi connectivity index (χ4v) is 4.00. The highest BCUT2D eigenvalue weighted by Gasteiger charge is 2.31. The van der Waals surface area contributed by atoms with Gasteiger partial charge in [-0.2, -0.15) is 0 Å². The highest BCUT2D eigenvalue weighted by molar-refractivity contribution is 5.86. The number of carbonyl (C=O) groups is 3. The Morgan fingerprint density at radius 3 is 2.64 bits per heavy atom. The zero-order valence-electron chi connectivity index (χ0n) is 19.3. The first kappa shape index (κ1) is 26.3. The lowest BCUT2D eigenvalue weighted by atomic mass is 9.98. The molecule has 2 rings (SSSR count). The van der Waals surface area contributed by atoms with Crippen LogP contribution < -0.4 is 5.32 Å². The minimum absolute atomic E-state index is 0.0101. The summed E-state index contributed by atoms with van der Waals surface area (Å²) >= 11 is 0. The predicted molar refractivity (Wildman–Crippen MR) is 127 cm³/mol. The lowest BCUT2D eigenvalue weighted by Gasteiger charge is -2.26. The number of benzene rings is 1. The van der Waals surface area contributed by atoms with Gasteiger partial charge in [-0.05, 0) is 37.7 Å². The van der Waals surface area contributed by atoms with Gasteiger partial charge < -0.3 is 20.1 Å². The van der Waals surface area contributed by atoms with Gasteiger partial charge >= 0.3 is 5.97 Å². The number of ether oxygens (including phenoxy) is 1. The van der Waals surface area contributed by atoms with Crippen LogP contribution in [-0.4, -0.2) is 53.6 Å². The fourth-order valence-electron chi connectivity index (χ4n) is 4.00. The summed E-state index contributed by atoms with van der Waals surface area (Å²) in [6, 6.07) is 8.60. The Morgan fingerprint density at radius 2 is 1.97 bits per heavy atom. The van der Waals surface area contributed by atoms with Crippen LogP contribution >= 0.6 is 0 Å². The van der Waals surface area contributed by atoms with Crippen molar-refractivity contribution in [2.75, 3.05) is 19.8 Å². The molecule has 1 fully saturated rings. The van der Waals surface area contributed by atoms with Gasteiger partial charge in [0.1, 0.15) is 6.61 Å². The van der Waals surface area contributed by atoms with Gasteiger partial charge in [0.05, 0.1) is 24.6 Å². The van der Waals surface area contributed by atoms with Crippen LogP contribution in [0.25, 0.3) is 0 Å². The van der Waals surface area contributed by atoms with Crippen LogP contribution in [0.3, 0.4) is 0 Å². The minimum atomic E-state index is -0.593. The van der Waals surface area contributed by atoms with E-state index < -0.39 is 12.0 Å². The van der Waals surface area contributed by atoms with E-state index in [-0.39, 0.29) is 49.9 Å². The minimum Gasteiger partial charge on any atom is -0.463 e. The molecule has 2 N–H and O–H groups in total. The third-order valence-corrected chi connectivity index (χ3v) is 5.87. The fraction of sp³-hybridized carbons (Fsp3) is 0.500. The molecular weight excluding hydrogens is 420 g/mol. The summed E-state index contributed by atoms with van der Waals surface area (Å²) in [5.41, 5.74) is 0.813. The van der Waals surface area contributed by atoms with Crippen LogP contribution in [0, 0.1) is 5.92 Å². The van der Waals surface area contributed by atoms with Crippen molar-refractivity contribution < 1.29 is 24.2 Å². The Bertz CT molecular complexity index is 795. The summed E-state index contributed by atoms with van der Waals surface area (Å²) in [7, 11) is 0. The molecule has 0 saturated carbocycles. The molecule has 1 aliphatic heterocycles. The molecule has 1 heterocycles. The van der Waals surface area contributed by atoms with E-state index in [1.165, 1.54) is 0 Å². The standard InChI is InChI=1S/C26H36N2O5/c1-3-5-7-15-25(31)33-19-23(20-12-8-6-9-13-20)27-26(32)21(11-4-2)17-24(30)28-16-10-14-22(28)18-29/h3-4,6,8-9,12-13,21-23,29H,1-2,5,7,10-11,14-19H2,(H,27,32)/t21-,22-,23-/m0/s1. The summed E-state index contributed by atoms with van der Waals surface area (Å²) < 4.78 is 5.43. The van der Waals surface area contributed by atoms with Crippen molar-refractivity contribution in [3.8, 4) is 0 Å². The third-order valence-electron chi connectivity index (χ3n) is 5.87. The Labute approximate surface area is 196 Å². The molecule has 0 unspecified atom stereocenters. The smallest absolute Gasteiger partial charge is 0.305 e. The van der Waals surface area contributed by atoms with Gasteiger partial charge in [0.15, 0.2) is 0 Å². The lowest BCUT2D eigenvalue weighted by Crippen LogP contribution is -2.42. The van der Waals surface area contributed by atoms with E-state index in [2.05, 4.69) is 18.5 Å². The normalized spacial score (nSPS) is 17.1. The molecule has 0 aliphatic carbocycles. The van der Waals surface area contributed by atoms with Gasteiger partial charge in [0.2, 0.25) is 11.8 Å². The highest BCUT2D eigenvalue weighted by Crippen LogP contribution is 2.22. The number of amides is 2. The Hall–Kier alpha value is -2.93. The zero-order chi connectivity index (χ0) is 24.1. The predicted octanol–water partition coefficient (Wildman–Crippen LogP) is 3.31. The molecule has 0 bridgehead atoms. The second kappa shape index (κ2) is 14.3. The molecule has 0 spiro atoms. The largest absolute Gasteiger partial charge is 0.463 e. The van der Waals surface area contributed by atoms with Crippen molar-refractivity contribution in [2.24, 2.45) is 5.92 Å². The number of carbonyl (C=O) groups excluding carboxylic acids is 3. The van der Waals surface area contributed by atoms with Crippen molar-refractivity contribution in [1.82, 2.24) is 10.2 Å². The van der Waals surface area contributed by atoms with E-state index >= 15 is 0 Å². The first-order valence-electron chi connectivity index (χ1n) is 11.6. The van der Waals surface area contributed by atoms with Crippen LogP contribution in [0.1, 0.15) is 56.6 Å². The number of likely N-dealkylation sites (tertiary alicyclic amines) is 1. The number of hydrogen-bond acceptors (Lipinski definition) is 5. The average molecular weight is 457 g/mol. The van der Waals surface area contributed by atoms with Gasteiger partial charge in [0, 0.05) is 19.4 Å². The molecule has 0 radical (unpaired) electrons. The van der Waals surface area contributed by atoms with E-state index in [0.717, 1.165) is 24.8 Å². The van der Waals surface area contributed by atoms with Crippen molar-refractivity contribution in [2.45, 2.75) is 57.0 Å². The average Bonchev–Trinajstić information content (AvgIpc) is 3.31. The molecule has 2 amide bonds. The second-order valence-corrected chi connectivity index (χ2v) is 8.33. The zero-order valence-corrected chi connectivity index (χ0v) is 19.3. The number of allylic oxidation sites excluding steroid dienone is 2. The monoisotopic (exact) mass is 456 g/mol. The molecule has 3 atom stereocenters. The summed E-state index contributed by atoms with van der Waals surface area (Å²) in [5.74, 6) is -1.35. The van der Waals surface area contributed by atoms with Crippen molar-refractivity contribution in [3.63, 3.8) is 0 Å². The molecule has 1 aromatic carbocycles. The molecule has 33 heavy (non-hydrogen) atoms. The number of nitrogens with one attached hydrogen (secondary N) is 1. The summed E-state index contributed by atoms with van der Waals surface area (Å²) in [4.78, 5) is 39.7. The quantitative estimate of drug-likeness (QED) is 0.254. The highest BCUT2D eigenvalue weighted by atomic mass is 16.5. The second-order valence-electron chi connectivity index (χ2n) is 8.33. The maximum atomic E-state index is 13.1. The van der Waals surface area contributed by atoms with Crippen LogP contribution in [0.15, 0.2) is 55.6 Å². The van der Waals surface area contributed by atoms with E-state index in [4.69, 9.17) is 4.74 Å². The number of unbranched alkanes of at least 4 members (excludes halogenated alkanes) is 1. The van der Waals surface area contributed by atoms with Crippen LogP contribution in [-0.2, 0) is 19.1 Å². The first-order chi connectivity index (χ1) is 16.0. The summed E-state index contributed by atoms with van der Waals surface area (Å²) in [5, 5.41) is 12.5. The third kappa shape index (κ3) is 8.50. The van der Waals surface area contributed by atoms with Crippen molar-refractivity contribution in [3.05, 3.63) is 61.2 Å². The molecular formula is C26H36N2O5. The summed E-state index contributed by atoms with van der Waals surface area (Å²) in [6.07, 6.45) is 7.08. The van der Waals surface area contributed by atoms with E-state index in [9.17, 15) is 19.5 Å². The van der Waals surface area contributed by atoms with Crippen molar-refractivity contribution >= 4 is 17.8 Å². The van der Waals surface area contributed by atoms with E-state index in [1.807, 2.05) is 30.3 Å². The maximum absolute atomic E-state index is 13.1. The molecule has 1 saturated heterocycles. The molecule has 1 aromatic rings. The number of rotatable bonds is 14. The van der Waals surface area contributed by atoms with Gasteiger partial charge in [0.25, 0.3) is 0 Å². The number of aliphatic hydroxyl groups excluding tert-OH is 1. The first-order valence-corrected chi connectivity index (χ1v) is 11.6. The van der Waals surface area contributed by atoms with E-state index in [0.29, 0.717) is 19.4 Å². The molecule has 180 valence electrons. The van der Waals surface area contributed by atoms with Crippen LogP contribution in [0.4, 0.5) is 0 Å². The van der Waals surface area contributed by atoms with E-state index in [1.54, 1.807) is 17.1 Å². The van der Waals surface area contributed by atoms with Gasteiger partial charge in [-0.1, -0.05) is 42.5 Å². The molecule has 0 aromatic heterocycles. The molecule has 7 heteroatoms. The Morgan fingerprint density at radius 1 is 1.21 bits per heavy atom. The summed E-state index contributed by atoms with van der Waals surface area (Å²) in [6.45, 7) is 7.91. The van der Waals surface area contributed by atoms with Gasteiger partial charge in [-0.3, -0.25) is 14.4 Å².